The zero-order valence-corrected chi connectivity index (χ0v) is 13.4. The third-order valence-electron chi connectivity index (χ3n) is 3.78. The summed E-state index contributed by atoms with van der Waals surface area (Å²) in [5.41, 5.74) is 5.47. The van der Waals surface area contributed by atoms with Crippen LogP contribution >= 0.6 is 0 Å². The Labute approximate surface area is 121 Å². The molecular formula is C16H37N3. The van der Waals surface area contributed by atoms with Gasteiger partial charge in [-0.15, -0.1) is 0 Å². The molecule has 0 fully saturated rings. The molecular weight excluding hydrogens is 234 g/mol. The van der Waals surface area contributed by atoms with E-state index in [2.05, 4.69) is 24.1 Å². The first-order valence-corrected chi connectivity index (χ1v) is 8.48. The van der Waals surface area contributed by atoms with Crippen LogP contribution < -0.4 is 11.1 Å². The van der Waals surface area contributed by atoms with Gasteiger partial charge in [0, 0.05) is 0 Å². The minimum atomic E-state index is 0.848. The Balaban J connectivity index is 3.02. The quantitative estimate of drug-likeness (QED) is 0.450. The number of hydrogen-bond acceptors (Lipinski definition) is 3. The maximum absolute atomic E-state index is 5.47. The van der Waals surface area contributed by atoms with Crippen molar-refractivity contribution in [3.63, 3.8) is 0 Å². The molecule has 0 saturated carbocycles. The predicted octanol–water partition coefficient (Wildman–Crippen LogP) is 3.00. The molecule has 0 bridgehead atoms. The Bertz CT molecular complexity index is 158. The van der Waals surface area contributed by atoms with E-state index in [1.165, 1.54) is 84.1 Å². The molecule has 0 aromatic carbocycles. The van der Waals surface area contributed by atoms with Crippen LogP contribution in [0.25, 0.3) is 0 Å². The van der Waals surface area contributed by atoms with E-state index in [4.69, 9.17) is 5.73 Å². The number of unbranched alkanes of at least 4 members (excludes halogenated alkanes) is 6. The molecule has 19 heavy (non-hydrogen) atoms. The molecule has 0 rings (SSSR count). The van der Waals surface area contributed by atoms with Gasteiger partial charge in [0.2, 0.25) is 0 Å². The highest BCUT2D eigenvalue weighted by atomic mass is 15.1. The Morgan fingerprint density at radius 1 is 0.737 bits per heavy atom. The Hall–Kier alpha value is -0.120. The third kappa shape index (κ3) is 14.1. The fraction of sp³-hybridized carbons (Fsp3) is 1.00. The highest BCUT2D eigenvalue weighted by Gasteiger charge is 1.97. The van der Waals surface area contributed by atoms with Crippen LogP contribution in [-0.4, -0.2) is 44.2 Å². The topological polar surface area (TPSA) is 41.3 Å². The molecule has 3 nitrogen and oxygen atoms in total. The van der Waals surface area contributed by atoms with E-state index in [0.29, 0.717) is 0 Å². The standard InChI is InChI=1S/C16H37N3/c1-3-19(4-2)16-12-8-7-11-15-18-14-10-6-5-9-13-17/h18H,3-17H2,1-2H3. The summed E-state index contributed by atoms with van der Waals surface area (Å²) in [5, 5.41) is 3.54. The SMILES string of the molecule is CCN(CC)CCCCCCNCCCCCCN. The van der Waals surface area contributed by atoms with Crippen LogP contribution in [0.5, 0.6) is 0 Å². The minimum Gasteiger partial charge on any atom is -0.330 e. The molecule has 116 valence electrons. The maximum Gasteiger partial charge on any atom is -0.00190 e. The smallest absolute Gasteiger partial charge is 0.00190 e. The molecule has 0 aliphatic rings. The van der Waals surface area contributed by atoms with Gasteiger partial charge >= 0.3 is 0 Å². The Morgan fingerprint density at radius 3 is 1.79 bits per heavy atom. The van der Waals surface area contributed by atoms with Crippen molar-refractivity contribution in [3.05, 3.63) is 0 Å². The van der Waals surface area contributed by atoms with Crippen LogP contribution in [-0.2, 0) is 0 Å². The number of nitrogens with two attached hydrogens (primary N) is 1. The molecule has 3 N–H and O–H groups in total. The van der Waals surface area contributed by atoms with Gasteiger partial charge in [0.05, 0.1) is 0 Å². The molecule has 0 aliphatic carbocycles. The summed E-state index contributed by atoms with van der Waals surface area (Å²) >= 11 is 0. The minimum absolute atomic E-state index is 0.848. The zero-order chi connectivity index (χ0) is 14.2. The summed E-state index contributed by atoms with van der Waals surface area (Å²) in [6.07, 6.45) is 10.6. The molecule has 0 amide bonds. The van der Waals surface area contributed by atoms with Crippen LogP contribution in [0.15, 0.2) is 0 Å². The Kier molecular flexibility index (Phi) is 15.8. The highest BCUT2D eigenvalue weighted by molar-refractivity contribution is 4.54. The van der Waals surface area contributed by atoms with Gasteiger partial charge in [0.1, 0.15) is 0 Å². The lowest BCUT2D eigenvalue weighted by molar-refractivity contribution is 0.295. The normalized spacial score (nSPS) is 11.4. The highest BCUT2D eigenvalue weighted by Crippen LogP contribution is 2.01. The van der Waals surface area contributed by atoms with Crippen molar-refractivity contribution in [1.29, 1.82) is 0 Å². The first kappa shape index (κ1) is 18.9. The van der Waals surface area contributed by atoms with Crippen molar-refractivity contribution >= 4 is 0 Å². The number of rotatable bonds is 15. The van der Waals surface area contributed by atoms with Crippen molar-refractivity contribution in [2.45, 2.75) is 65.2 Å². The molecule has 0 spiro atoms. The summed E-state index contributed by atoms with van der Waals surface area (Å²) in [4.78, 5) is 2.51. The fourth-order valence-electron chi connectivity index (χ4n) is 2.35. The summed E-state index contributed by atoms with van der Waals surface area (Å²) in [5.74, 6) is 0. The van der Waals surface area contributed by atoms with Crippen LogP contribution in [0.3, 0.4) is 0 Å². The van der Waals surface area contributed by atoms with E-state index in [9.17, 15) is 0 Å². The molecule has 0 aromatic rings. The molecule has 0 unspecified atom stereocenters. The molecule has 0 atom stereocenters. The van der Waals surface area contributed by atoms with Gasteiger partial charge in [-0.2, -0.15) is 0 Å². The van der Waals surface area contributed by atoms with Crippen LogP contribution in [0.4, 0.5) is 0 Å². The van der Waals surface area contributed by atoms with E-state index in [1.807, 2.05) is 0 Å². The lowest BCUT2D eigenvalue weighted by atomic mass is 10.1. The monoisotopic (exact) mass is 271 g/mol. The molecule has 0 saturated heterocycles. The lowest BCUT2D eigenvalue weighted by Gasteiger charge is -2.17. The Morgan fingerprint density at radius 2 is 1.26 bits per heavy atom. The van der Waals surface area contributed by atoms with Gasteiger partial charge < -0.3 is 16.0 Å². The average molecular weight is 271 g/mol. The van der Waals surface area contributed by atoms with Gasteiger partial charge in [-0.1, -0.05) is 39.5 Å². The van der Waals surface area contributed by atoms with Crippen LogP contribution in [0.1, 0.15) is 65.2 Å². The molecule has 3 heteroatoms. The van der Waals surface area contributed by atoms with Crippen molar-refractivity contribution < 1.29 is 0 Å². The molecule has 0 aromatic heterocycles. The first-order valence-electron chi connectivity index (χ1n) is 8.48. The van der Waals surface area contributed by atoms with E-state index >= 15 is 0 Å². The summed E-state index contributed by atoms with van der Waals surface area (Å²) in [6.45, 7) is 11.4. The van der Waals surface area contributed by atoms with Crippen molar-refractivity contribution in [2.75, 3.05) is 39.3 Å². The van der Waals surface area contributed by atoms with E-state index < -0.39 is 0 Å². The average Bonchev–Trinajstić information content (AvgIpc) is 2.44. The largest absolute Gasteiger partial charge is 0.330 e. The number of nitrogens with one attached hydrogen (secondary N) is 1. The lowest BCUT2D eigenvalue weighted by Crippen LogP contribution is -2.23. The van der Waals surface area contributed by atoms with Gasteiger partial charge in [-0.05, 0) is 65.0 Å². The zero-order valence-electron chi connectivity index (χ0n) is 13.4. The molecule has 0 aliphatic heterocycles. The predicted molar refractivity (Wildman–Crippen MR) is 86.6 cm³/mol. The third-order valence-corrected chi connectivity index (χ3v) is 3.78. The van der Waals surface area contributed by atoms with Gasteiger partial charge in [0.25, 0.3) is 0 Å². The molecule has 0 heterocycles. The van der Waals surface area contributed by atoms with E-state index in [0.717, 1.165) is 6.54 Å². The van der Waals surface area contributed by atoms with Gasteiger partial charge in [-0.25, -0.2) is 0 Å². The van der Waals surface area contributed by atoms with Gasteiger partial charge in [-0.3, -0.25) is 0 Å². The number of hydrogen-bond donors (Lipinski definition) is 2. The first-order chi connectivity index (χ1) is 9.35. The van der Waals surface area contributed by atoms with Crippen LogP contribution in [0, 0.1) is 0 Å². The maximum atomic E-state index is 5.47. The second kappa shape index (κ2) is 15.9. The number of nitrogens with zero attached hydrogens (tertiary/aromatic N) is 1. The fourth-order valence-corrected chi connectivity index (χ4v) is 2.35. The van der Waals surface area contributed by atoms with Crippen molar-refractivity contribution in [3.8, 4) is 0 Å². The second-order valence-electron chi connectivity index (χ2n) is 5.39. The summed E-state index contributed by atoms with van der Waals surface area (Å²) in [7, 11) is 0. The van der Waals surface area contributed by atoms with E-state index in [-0.39, 0.29) is 0 Å². The summed E-state index contributed by atoms with van der Waals surface area (Å²) < 4.78 is 0. The summed E-state index contributed by atoms with van der Waals surface area (Å²) in [6, 6.07) is 0. The second-order valence-corrected chi connectivity index (χ2v) is 5.39. The van der Waals surface area contributed by atoms with E-state index in [1.54, 1.807) is 0 Å². The van der Waals surface area contributed by atoms with Gasteiger partial charge in [0.15, 0.2) is 0 Å². The van der Waals surface area contributed by atoms with Crippen molar-refractivity contribution in [1.82, 2.24) is 10.2 Å². The van der Waals surface area contributed by atoms with Crippen LogP contribution in [0.2, 0.25) is 0 Å². The molecule has 0 radical (unpaired) electrons. The van der Waals surface area contributed by atoms with Crippen molar-refractivity contribution in [2.24, 2.45) is 5.73 Å².